The molecule has 4 aromatic rings. The lowest BCUT2D eigenvalue weighted by Gasteiger charge is -2.11. The van der Waals surface area contributed by atoms with Gasteiger partial charge in [0.05, 0.1) is 26.1 Å². The topological polar surface area (TPSA) is 95.3 Å². The quantitative estimate of drug-likeness (QED) is 0.557. The van der Waals surface area contributed by atoms with E-state index in [-0.39, 0.29) is 18.0 Å². The normalized spacial score (nSPS) is 10.9. The number of hydrogen-bond acceptors (Lipinski definition) is 7. The fourth-order valence-electron chi connectivity index (χ4n) is 2.88. The van der Waals surface area contributed by atoms with Crippen molar-refractivity contribution in [2.24, 2.45) is 0 Å². The standard InChI is InChI=1S/C19H16N4O4S/c1-26-13-6-5-11(8-14(13)27-2)22-15(24)9-23-10-21-16-12-4-3-7-20-18(12)28-17(16)19(23)25/h3-8,10H,9H2,1-2H3,(H,22,24). The Kier molecular flexibility index (Phi) is 4.66. The molecule has 0 saturated carbocycles. The van der Waals surface area contributed by atoms with Crippen molar-refractivity contribution < 1.29 is 14.3 Å². The van der Waals surface area contributed by atoms with Gasteiger partial charge in [0.15, 0.2) is 11.5 Å². The van der Waals surface area contributed by atoms with Crippen LogP contribution in [0.2, 0.25) is 0 Å². The summed E-state index contributed by atoms with van der Waals surface area (Å²) in [5.41, 5.74) is 0.876. The van der Waals surface area contributed by atoms with Gasteiger partial charge in [-0.05, 0) is 24.3 Å². The highest BCUT2D eigenvalue weighted by atomic mass is 32.1. The van der Waals surface area contributed by atoms with Gasteiger partial charge in [0, 0.05) is 23.3 Å². The fourth-order valence-corrected chi connectivity index (χ4v) is 3.93. The second-order valence-electron chi connectivity index (χ2n) is 5.93. The molecule has 3 heterocycles. The number of fused-ring (bicyclic) bond motifs is 3. The van der Waals surface area contributed by atoms with Gasteiger partial charge in [-0.15, -0.1) is 11.3 Å². The van der Waals surface area contributed by atoms with Crippen molar-refractivity contribution in [3.05, 3.63) is 53.2 Å². The van der Waals surface area contributed by atoms with Gasteiger partial charge in [-0.25, -0.2) is 9.97 Å². The second-order valence-corrected chi connectivity index (χ2v) is 6.93. The minimum Gasteiger partial charge on any atom is -0.493 e. The van der Waals surface area contributed by atoms with Gasteiger partial charge in [0.2, 0.25) is 5.91 Å². The van der Waals surface area contributed by atoms with Crippen molar-refractivity contribution in [3.63, 3.8) is 0 Å². The predicted octanol–water partition coefficient (Wildman–Crippen LogP) is 2.66. The van der Waals surface area contributed by atoms with E-state index >= 15 is 0 Å². The zero-order valence-corrected chi connectivity index (χ0v) is 15.9. The third kappa shape index (κ3) is 3.16. The molecular weight excluding hydrogens is 380 g/mol. The molecule has 4 rings (SSSR count). The van der Waals surface area contributed by atoms with E-state index in [0.717, 1.165) is 10.2 Å². The van der Waals surface area contributed by atoms with Crippen LogP contribution < -0.4 is 20.3 Å². The maximum atomic E-state index is 12.8. The van der Waals surface area contributed by atoms with Gasteiger partial charge < -0.3 is 14.8 Å². The first-order valence-corrected chi connectivity index (χ1v) is 9.17. The average molecular weight is 396 g/mol. The molecule has 0 bridgehead atoms. The molecular formula is C19H16N4O4S. The number of nitrogens with one attached hydrogen (secondary N) is 1. The van der Waals surface area contributed by atoms with Crippen LogP contribution in [0.5, 0.6) is 11.5 Å². The summed E-state index contributed by atoms with van der Waals surface area (Å²) in [7, 11) is 3.05. The van der Waals surface area contributed by atoms with Crippen molar-refractivity contribution >= 4 is 43.4 Å². The van der Waals surface area contributed by atoms with Gasteiger partial charge in [0.1, 0.15) is 16.1 Å². The molecule has 0 spiro atoms. The highest BCUT2D eigenvalue weighted by Gasteiger charge is 2.14. The van der Waals surface area contributed by atoms with Crippen molar-refractivity contribution in [3.8, 4) is 11.5 Å². The van der Waals surface area contributed by atoms with E-state index in [1.165, 1.54) is 36.5 Å². The second kappa shape index (κ2) is 7.28. The van der Waals surface area contributed by atoms with E-state index < -0.39 is 0 Å². The van der Waals surface area contributed by atoms with Crippen LogP contribution in [0.1, 0.15) is 0 Å². The lowest BCUT2D eigenvalue weighted by molar-refractivity contribution is -0.116. The number of aromatic nitrogens is 3. The summed E-state index contributed by atoms with van der Waals surface area (Å²) >= 11 is 1.27. The maximum Gasteiger partial charge on any atom is 0.271 e. The predicted molar refractivity (Wildman–Crippen MR) is 107 cm³/mol. The lowest BCUT2D eigenvalue weighted by atomic mass is 10.2. The largest absolute Gasteiger partial charge is 0.493 e. The number of thiophene rings is 1. The van der Waals surface area contributed by atoms with Crippen molar-refractivity contribution in [1.82, 2.24) is 14.5 Å². The van der Waals surface area contributed by atoms with Crippen molar-refractivity contribution in [2.45, 2.75) is 6.54 Å². The van der Waals surface area contributed by atoms with Gasteiger partial charge >= 0.3 is 0 Å². The van der Waals surface area contributed by atoms with Gasteiger partial charge in [-0.3, -0.25) is 14.2 Å². The van der Waals surface area contributed by atoms with Crippen LogP contribution >= 0.6 is 11.3 Å². The Morgan fingerprint density at radius 3 is 2.79 bits per heavy atom. The van der Waals surface area contributed by atoms with Crippen molar-refractivity contribution in [1.29, 1.82) is 0 Å². The zero-order valence-electron chi connectivity index (χ0n) is 15.1. The summed E-state index contributed by atoms with van der Waals surface area (Å²) in [6.45, 7) is -0.155. The number of anilines is 1. The van der Waals surface area contributed by atoms with Crippen LogP contribution in [-0.4, -0.2) is 34.7 Å². The summed E-state index contributed by atoms with van der Waals surface area (Å²) in [5.74, 6) is 0.706. The minimum atomic E-state index is -0.352. The molecule has 1 aromatic carbocycles. The number of pyridine rings is 1. The summed E-state index contributed by atoms with van der Waals surface area (Å²) in [6, 6.07) is 8.72. The molecule has 0 atom stereocenters. The van der Waals surface area contributed by atoms with E-state index in [2.05, 4.69) is 15.3 Å². The molecule has 8 nitrogen and oxygen atoms in total. The number of carbonyl (C=O) groups is 1. The molecule has 0 saturated heterocycles. The van der Waals surface area contributed by atoms with Gasteiger partial charge in [0.25, 0.3) is 5.56 Å². The number of benzene rings is 1. The molecule has 0 aliphatic carbocycles. The molecule has 28 heavy (non-hydrogen) atoms. The van der Waals surface area contributed by atoms with Crippen LogP contribution in [0.3, 0.4) is 0 Å². The van der Waals surface area contributed by atoms with E-state index in [0.29, 0.717) is 27.4 Å². The summed E-state index contributed by atoms with van der Waals surface area (Å²) in [5, 5.41) is 3.58. The Morgan fingerprint density at radius 2 is 2.00 bits per heavy atom. The number of rotatable bonds is 5. The van der Waals surface area contributed by atoms with Crippen LogP contribution in [0.25, 0.3) is 20.4 Å². The first-order chi connectivity index (χ1) is 13.6. The highest BCUT2D eigenvalue weighted by molar-refractivity contribution is 7.25. The molecule has 0 aliphatic heterocycles. The Bertz CT molecular complexity index is 1250. The molecule has 9 heteroatoms. The Labute approximate surface area is 163 Å². The zero-order chi connectivity index (χ0) is 19.7. The Hall–Kier alpha value is -3.46. The SMILES string of the molecule is COc1ccc(NC(=O)Cn2cnc3c(sc4ncccc43)c2=O)cc1OC. The van der Waals surface area contributed by atoms with E-state index in [1.54, 1.807) is 30.5 Å². The third-order valence-electron chi connectivity index (χ3n) is 4.20. The van der Waals surface area contributed by atoms with Gasteiger partial charge in [-0.1, -0.05) is 0 Å². The van der Waals surface area contributed by atoms with Crippen LogP contribution in [0.15, 0.2) is 47.7 Å². The van der Waals surface area contributed by atoms with Crippen molar-refractivity contribution in [2.75, 3.05) is 19.5 Å². The summed E-state index contributed by atoms with van der Waals surface area (Å²) in [6.07, 6.45) is 3.06. The first-order valence-electron chi connectivity index (χ1n) is 8.35. The van der Waals surface area contributed by atoms with Crippen LogP contribution in [-0.2, 0) is 11.3 Å². The number of methoxy groups -OCH3 is 2. The molecule has 1 N–H and O–H groups in total. The van der Waals surface area contributed by atoms with Gasteiger partial charge in [-0.2, -0.15) is 0 Å². The van der Waals surface area contributed by atoms with Crippen LogP contribution in [0.4, 0.5) is 5.69 Å². The lowest BCUT2D eigenvalue weighted by Crippen LogP contribution is -2.27. The smallest absolute Gasteiger partial charge is 0.271 e. The van der Waals surface area contributed by atoms with Crippen LogP contribution in [0, 0.1) is 0 Å². The first kappa shape index (κ1) is 17.9. The minimum absolute atomic E-state index is 0.155. The summed E-state index contributed by atoms with van der Waals surface area (Å²) < 4.78 is 12.2. The van der Waals surface area contributed by atoms with E-state index in [1.807, 2.05) is 6.07 Å². The monoisotopic (exact) mass is 396 g/mol. The third-order valence-corrected chi connectivity index (χ3v) is 5.29. The molecule has 0 radical (unpaired) electrons. The molecule has 142 valence electrons. The fraction of sp³-hybridized carbons (Fsp3) is 0.158. The molecule has 0 fully saturated rings. The van der Waals surface area contributed by atoms with E-state index in [9.17, 15) is 9.59 Å². The summed E-state index contributed by atoms with van der Waals surface area (Å²) in [4.78, 5) is 34.5. The maximum absolute atomic E-state index is 12.8. The number of ether oxygens (including phenoxy) is 2. The van der Waals surface area contributed by atoms with E-state index in [4.69, 9.17) is 9.47 Å². The number of amides is 1. The number of hydrogen-bond donors (Lipinski definition) is 1. The number of carbonyl (C=O) groups excluding carboxylic acids is 1. The Balaban J connectivity index is 1.59. The number of nitrogens with zero attached hydrogens (tertiary/aromatic N) is 3. The molecule has 3 aromatic heterocycles. The Morgan fingerprint density at radius 1 is 1.18 bits per heavy atom. The highest BCUT2D eigenvalue weighted by Crippen LogP contribution is 2.30. The molecule has 1 amide bonds. The molecule has 0 aliphatic rings. The average Bonchev–Trinajstić information content (AvgIpc) is 3.09. The molecule has 0 unspecified atom stereocenters.